The summed E-state index contributed by atoms with van der Waals surface area (Å²) in [5.41, 5.74) is 2.91. The topological polar surface area (TPSA) is 60.6 Å². The molecule has 2 aromatic carbocycles. The molecule has 2 heterocycles. The van der Waals surface area contributed by atoms with Crippen LogP contribution in [0.2, 0.25) is 0 Å². The molecule has 28 heavy (non-hydrogen) atoms. The Morgan fingerprint density at radius 1 is 1.00 bits per heavy atom. The summed E-state index contributed by atoms with van der Waals surface area (Å²) in [6.07, 6.45) is 2.50. The number of rotatable bonds is 5. The van der Waals surface area contributed by atoms with Crippen molar-refractivity contribution in [3.63, 3.8) is 0 Å². The highest BCUT2D eigenvalue weighted by atomic mass is 16.5. The van der Waals surface area contributed by atoms with Crippen LogP contribution in [0.5, 0.6) is 11.5 Å². The zero-order valence-electron chi connectivity index (χ0n) is 16.5. The van der Waals surface area contributed by atoms with Crippen molar-refractivity contribution in [2.24, 2.45) is 5.92 Å². The summed E-state index contributed by atoms with van der Waals surface area (Å²) in [7, 11) is 3.23. The molecule has 0 bridgehead atoms. The van der Waals surface area contributed by atoms with Gasteiger partial charge in [0.2, 0.25) is 5.82 Å². The Morgan fingerprint density at radius 3 is 2.43 bits per heavy atom. The summed E-state index contributed by atoms with van der Waals surface area (Å²) in [6, 6.07) is 13.9. The number of aromatic nitrogens is 2. The maximum atomic E-state index is 5.49. The van der Waals surface area contributed by atoms with Gasteiger partial charge in [0.05, 0.1) is 19.8 Å². The smallest absolute Gasteiger partial charge is 0.262 e. The van der Waals surface area contributed by atoms with Crippen molar-refractivity contribution < 1.29 is 14.0 Å². The maximum Gasteiger partial charge on any atom is 0.262 e. The van der Waals surface area contributed by atoms with Crippen molar-refractivity contribution in [3.05, 3.63) is 42.5 Å². The highest BCUT2D eigenvalue weighted by Crippen LogP contribution is 2.33. The lowest BCUT2D eigenvalue weighted by Gasteiger charge is -2.32. The van der Waals surface area contributed by atoms with E-state index in [0.29, 0.717) is 23.2 Å². The van der Waals surface area contributed by atoms with E-state index in [9.17, 15) is 0 Å². The fourth-order valence-corrected chi connectivity index (χ4v) is 3.51. The molecule has 0 saturated carbocycles. The fraction of sp³-hybridized carbons (Fsp3) is 0.364. The van der Waals surface area contributed by atoms with Crippen molar-refractivity contribution in [2.75, 3.05) is 32.2 Å². The van der Waals surface area contributed by atoms with Gasteiger partial charge in [0.15, 0.2) is 0 Å². The molecule has 0 aliphatic carbocycles. The van der Waals surface area contributed by atoms with Crippen molar-refractivity contribution in [3.8, 4) is 34.3 Å². The van der Waals surface area contributed by atoms with Crippen LogP contribution in [0.3, 0.4) is 0 Å². The van der Waals surface area contributed by atoms with E-state index in [0.717, 1.165) is 30.1 Å². The van der Waals surface area contributed by atoms with Crippen LogP contribution in [0.15, 0.2) is 47.0 Å². The van der Waals surface area contributed by atoms with Gasteiger partial charge in [-0.15, -0.1) is 0 Å². The first-order valence-electron chi connectivity index (χ1n) is 9.59. The Morgan fingerprint density at radius 2 is 1.75 bits per heavy atom. The standard InChI is InChI=1S/C22H25N3O3/c1-15-10-12-25(13-11-15)17-6-4-16(5-7-17)21-23-22(28-24-21)19-9-8-18(26-2)14-20(19)27-3/h4-9,14-15H,10-13H2,1-3H3. The first-order valence-corrected chi connectivity index (χ1v) is 9.59. The molecule has 0 radical (unpaired) electrons. The van der Waals surface area contributed by atoms with Gasteiger partial charge in [-0.3, -0.25) is 0 Å². The second kappa shape index (κ2) is 7.92. The number of ether oxygens (including phenoxy) is 2. The van der Waals surface area contributed by atoms with Gasteiger partial charge in [-0.1, -0.05) is 12.1 Å². The van der Waals surface area contributed by atoms with Gasteiger partial charge < -0.3 is 18.9 Å². The lowest BCUT2D eigenvalue weighted by Crippen LogP contribution is -2.32. The van der Waals surface area contributed by atoms with Crippen LogP contribution >= 0.6 is 0 Å². The van der Waals surface area contributed by atoms with Crippen LogP contribution in [-0.2, 0) is 0 Å². The average molecular weight is 379 g/mol. The molecule has 146 valence electrons. The number of methoxy groups -OCH3 is 2. The molecule has 0 N–H and O–H groups in total. The molecular weight excluding hydrogens is 354 g/mol. The summed E-state index contributed by atoms with van der Waals surface area (Å²) >= 11 is 0. The monoisotopic (exact) mass is 379 g/mol. The highest BCUT2D eigenvalue weighted by molar-refractivity contribution is 5.67. The van der Waals surface area contributed by atoms with E-state index in [1.807, 2.05) is 24.3 Å². The maximum absolute atomic E-state index is 5.49. The Hall–Kier alpha value is -3.02. The first kappa shape index (κ1) is 18.3. The van der Waals surface area contributed by atoms with Gasteiger partial charge in [0, 0.05) is 30.4 Å². The van der Waals surface area contributed by atoms with Crippen LogP contribution in [0.25, 0.3) is 22.8 Å². The molecule has 6 nitrogen and oxygen atoms in total. The Labute approximate surface area is 165 Å². The number of benzene rings is 2. The summed E-state index contributed by atoms with van der Waals surface area (Å²) in [4.78, 5) is 6.99. The molecule has 1 aliphatic heterocycles. The molecule has 1 aromatic heterocycles. The van der Waals surface area contributed by atoms with Crippen LogP contribution in [-0.4, -0.2) is 37.4 Å². The SMILES string of the molecule is COc1ccc(-c2nc(-c3ccc(N4CCC(C)CC4)cc3)no2)c(OC)c1. The molecule has 6 heteroatoms. The quantitative estimate of drug-likeness (QED) is 0.643. The van der Waals surface area contributed by atoms with Gasteiger partial charge in [0.25, 0.3) is 5.89 Å². The highest BCUT2D eigenvalue weighted by Gasteiger charge is 2.18. The molecule has 0 amide bonds. The van der Waals surface area contributed by atoms with Gasteiger partial charge in [-0.25, -0.2) is 0 Å². The van der Waals surface area contributed by atoms with Crippen LogP contribution in [0.1, 0.15) is 19.8 Å². The Balaban J connectivity index is 1.55. The second-order valence-corrected chi connectivity index (χ2v) is 7.21. The molecule has 0 unspecified atom stereocenters. The van der Waals surface area contributed by atoms with Crippen molar-refractivity contribution >= 4 is 5.69 Å². The molecule has 0 atom stereocenters. The third kappa shape index (κ3) is 3.67. The van der Waals surface area contributed by atoms with E-state index in [-0.39, 0.29) is 0 Å². The summed E-state index contributed by atoms with van der Waals surface area (Å²) in [5, 5.41) is 4.15. The third-order valence-electron chi connectivity index (χ3n) is 5.34. The number of piperidine rings is 1. The minimum absolute atomic E-state index is 0.420. The molecular formula is C22H25N3O3. The zero-order valence-corrected chi connectivity index (χ0v) is 16.5. The number of hydrogen-bond acceptors (Lipinski definition) is 6. The first-order chi connectivity index (χ1) is 13.7. The number of anilines is 1. The van der Waals surface area contributed by atoms with Crippen LogP contribution in [0, 0.1) is 5.92 Å². The third-order valence-corrected chi connectivity index (χ3v) is 5.34. The van der Waals surface area contributed by atoms with Crippen molar-refractivity contribution in [1.29, 1.82) is 0 Å². The zero-order chi connectivity index (χ0) is 19.5. The summed E-state index contributed by atoms with van der Waals surface area (Å²) < 4.78 is 16.2. The molecule has 1 aliphatic rings. The minimum atomic E-state index is 0.420. The van der Waals surface area contributed by atoms with E-state index in [4.69, 9.17) is 14.0 Å². The average Bonchev–Trinajstić information content (AvgIpc) is 3.24. The molecule has 3 aromatic rings. The predicted molar refractivity (Wildman–Crippen MR) is 109 cm³/mol. The van der Waals surface area contributed by atoms with Gasteiger partial charge in [-0.2, -0.15) is 4.98 Å². The second-order valence-electron chi connectivity index (χ2n) is 7.21. The van der Waals surface area contributed by atoms with E-state index in [1.54, 1.807) is 20.3 Å². The van der Waals surface area contributed by atoms with E-state index < -0.39 is 0 Å². The molecule has 1 saturated heterocycles. The number of hydrogen-bond donors (Lipinski definition) is 0. The summed E-state index contributed by atoms with van der Waals surface area (Å²) in [5.74, 6) is 3.14. The van der Waals surface area contributed by atoms with Crippen LogP contribution in [0.4, 0.5) is 5.69 Å². The van der Waals surface area contributed by atoms with E-state index >= 15 is 0 Å². The van der Waals surface area contributed by atoms with Crippen molar-refractivity contribution in [1.82, 2.24) is 10.1 Å². The van der Waals surface area contributed by atoms with Gasteiger partial charge in [-0.05, 0) is 55.2 Å². The molecule has 1 fully saturated rings. The van der Waals surface area contributed by atoms with Gasteiger partial charge in [0.1, 0.15) is 11.5 Å². The Bertz CT molecular complexity index is 928. The normalized spacial score (nSPS) is 14.9. The molecule has 0 spiro atoms. The van der Waals surface area contributed by atoms with Crippen molar-refractivity contribution in [2.45, 2.75) is 19.8 Å². The van der Waals surface area contributed by atoms with E-state index in [1.165, 1.54) is 18.5 Å². The lowest BCUT2D eigenvalue weighted by atomic mass is 9.98. The predicted octanol–water partition coefficient (Wildman–Crippen LogP) is 4.66. The number of nitrogens with zero attached hydrogens (tertiary/aromatic N) is 3. The van der Waals surface area contributed by atoms with Crippen LogP contribution < -0.4 is 14.4 Å². The lowest BCUT2D eigenvalue weighted by molar-refractivity contribution is 0.391. The summed E-state index contributed by atoms with van der Waals surface area (Å²) in [6.45, 7) is 4.56. The minimum Gasteiger partial charge on any atom is -0.497 e. The molecule has 4 rings (SSSR count). The Kier molecular flexibility index (Phi) is 5.19. The fourth-order valence-electron chi connectivity index (χ4n) is 3.51. The largest absolute Gasteiger partial charge is 0.497 e. The van der Waals surface area contributed by atoms with Gasteiger partial charge >= 0.3 is 0 Å². The van der Waals surface area contributed by atoms with E-state index in [2.05, 4.69) is 34.1 Å².